The molecule has 8 nitrogen and oxygen atoms in total. The van der Waals surface area contributed by atoms with Crippen LogP contribution in [0.3, 0.4) is 0 Å². The van der Waals surface area contributed by atoms with Crippen molar-refractivity contribution in [3.8, 4) is 0 Å². The lowest BCUT2D eigenvalue weighted by Crippen LogP contribution is -2.37. The maximum absolute atomic E-state index is 12.6. The molecule has 3 heterocycles. The van der Waals surface area contributed by atoms with E-state index >= 15 is 0 Å². The number of rotatable bonds is 3. The number of alkyl carbamates (subject to hydrolysis) is 1. The summed E-state index contributed by atoms with van der Waals surface area (Å²) in [5, 5.41) is 13.7. The van der Waals surface area contributed by atoms with Crippen molar-refractivity contribution in [2.45, 2.75) is 31.8 Å². The van der Waals surface area contributed by atoms with Crippen molar-refractivity contribution in [1.82, 2.24) is 20.3 Å². The van der Waals surface area contributed by atoms with Crippen LogP contribution in [0.5, 0.6) is 0 Å². The van der Waals surface area contributed by atoms with Crippen LogP contribution in [0.1, 0.15) is 24.6 Å². The SMILES string of the molecule is CC1(c2cccc(NC(=O)C3CCn4nncc4C3)c2)COC(=O)N1. The molecule has 2 aliphatic rings. The van der Waals surface area contributed by atoms with Crippen molar-refractivity contribution in [3.63, 3.8) is 0 Å². The predicted molar refractivity (Wildman–Crippen MR) is 88.7 cm³/mol. The first-order chi connectivity index (χ1) is 12.0. The van der Waals surface area contributed by atoms with Crippen LogP contribution in [-0.4, -0.2) is 33.6 Å². The third-order valence-corrected chi connectivity index (χ3v) is 4.85. The summed E-state index contributed by atoms with van der Waals surface area (Å²) in [4.78, 5) is 24.0. The van der Waals surface area contributed by atoms with Crippen molar-refractivity contribution in [2.24, 2.45) is 5.92 Å². The fourth-order valence-electron chi connectivity index (χ4n) is 3.33. The van der Waals surface area contributed by atoms with Gasteiger partial charge in [0.1, 0.15) is 6.61 Å². The maximum Gasteiger partial charge on any atom is 0.408 e. The van der Waals surface area contributed by atoms with Gasteiger partial charge in [0, 0.05) is 24.6 Å². The van der Waals surface area contributed by atoms with E-state index < -0.39 is 11.6 Å². The lowest BCUT2D eigenvalue weighted by atomic mass is 9.93. The van der Waals surface area contributed by atoms with Crippen LogP contribution in [0.4, 0.5) is 10.5 Å². The van der Waals surface area contributed by atoms with Gasteiger partial charge in [0.15, 0.2) is 0 Å². The number of hydrogen-bond donors (Lipinski definition) is 2. The highest BCUT2D eigenvalue weighted by Gasteiger charge is 2.36. The highest BCUT2D eigenvalue weighted by molar-refractivity contribution is 5.92. The summed E-state index contributed by atoms with van der Waals surface area (Å²) in [5.41, 5.74) is 2.00. The zero-order valence-corrected chi connectivity index (χ0v) is 13.9. The summed E-state index contributed by atoms with van der Waals surface area (Å²) in [6, 6.07) is 7.49. The Hall–Kier alpha value is -2.90. The van der Waals surface area contributed by atoms with Crippen molar-refractivity contribution in [1.29, 1.82) is 0 Å². The topological polar surface area (TPSA) is 98.1 Å². The number of fused-ring (bicyclic) bond motifs is 1. The third kappa shape index (κ3) is 2.95. The van der Waals surface area contributed by atoms with Crippen molar-refractivity contribution >= 4 is 17.7 Å². The summed E-state index contributed by atoms with van der Waals surface area (Å²) in [5.74, 6) is -0.110. The molecule has 2 unspecified atom stereocenters. The molecule has 4 rings (SSSR count). The molecule has 1 aromatic carbocycles. The second kappa shape index (κ2) is 5.87. The number of carbonyl (C=O) groups is 2. The van der Waals surface area contributed by atoms with Crippen LogP contribution in [-0.2, 0) is 28.0 Å². The van der Waals surface area contributed by atoms with Crippen LogP contribution in [0.2, 0.25) is 0 Å². The minimum Gasteiger partial charge on any atom is -0.447 e. The number of aryl methyl sites for hydroxylation is 1. The average Bonchev–Trinajstić information content (AvgIpc) is 3.21. The molecule has 0 saturated carbocycles. The van der Waals surface area contributed by atoms with E-state index in [0.29, 0.717) is 18.7 Å². The molecule has 1 fully saturated rings. The molecule has 130 valence electrons. The molecule has 2 atom stereocenters. The van der Waals surface area contributed by atoms with Gasteiger partial charge in [0.2, 0.25) is 5.91 Å². The van der Waals surface area contributed by atoms with E-state index in [1.807, 2.05) is 35.9 Å². The van der Waals surface area contributed by atoms with Gasteiger partial charge < -0.3 is 15.4 Å². The second-order valence-corrected chi connectivity index (χ2v) is 6.74. The number of nitrogens with one attached hydrogen (secondary N) is 2. The van der Waals surface area contributed by atoms with Gasteiger partial charge in [-0.2, -0.15) is 0 Å². The number of aromatic nitrogens is 3. The molecule has 2 N–H and O–H groups in total. The minimum absolute atomic E-state index is 0.0125. The zero-order chi connectivity index (χ0) is 17.4. The molecule has 2 aliphatic heterocycles. The maximum atomic E-state index is 12.6. The molecule has 0 aliphatic carbocycles. The average molecular weight is 341 g/mol. The number of cyclic esters (lactones) is 1. The van der Waals surface area contributed by atoms with Crippen LogP contribution >= 0.6 is 0 Å². The largest absolute Gasteiger partial charge is 0.447 e. The second-order valence-electron chi connectivity index (χ2n) is 6.74. The molecule has 0 radical (unpaired) electrons. The molecule has 0 spiro atoms. The summed E-state index contributed by atoms with van der Waals surface area (Å²) < 4.78 is 6.85. The molecule has 2 amide bonds. The van der Waals surface area contributed by atoms with Gasteiger partial charge in [0.05, 0.1) is 17.4 Å². The van der Waals surface area contributed by atoms with E-state index in [-0.39, 0.29) is 18.4 Å². The first kappa shape index (κ1) is 15.6. The Labute approximate surface area is 144 Å². The van der Waals surface area contributed by atoms with Crippen LogP contribution in [0.25, 0.3) is 0 Å². The zero-order valence-electron chi connectivity index (χ0n) is 13.9. The molecule has 1 saturated heterocycles. The van der Waals surface area contributed by atoms with Gasteiger partial charge in [0.25, 0.3) is 0 Å². The van der Waals surface area contributed by atoms with E-state index in [0.717, 1.165) is 17.7 Å². The number of anilines is 1. The Kier molecular flexibility index (Phi) is 3.67. The number of benzene rings is 1. The van der Waals surface area contributed by atoms with E-state index in [9.17, 15) is 9.59 Å². The van der Waals surface area contributed by atoms with E-state index in [1.54, 1.807) is 6.20 Å². The number of ether oxygens (including phenoxy) is 1. The smallest absolute Gasteiger partial charge is 0.408 e. The lowest BCUT2D eigenvalue weighted by molar-refractivity contribution is -0.120. The number of carbonyl (C=O) groups excluding carboxylic acids is 2. The Balaban J connectivity index is 1.47. The predicted octanol–water partition coefficient (Wildman–Crippen LogP) is 1.43. The summed E-state index contributed by atoms with van der Waals surface area (Å²) in [6.07, 6.45) is 2.66. The van der Waals surface area contributed by atoms with Crippen LogP contribution < -0.4 is 10.6 Å². The summed E-state index contributed by atoms with van der Waals surface area (Å²) >= 11 is 0. The van der Waals surface area contributed by atoms with Gasteiger partial charge in [-0.1, -0.05) is 17.3 Å². The van der Waals surface area contributed by atoms with Crippen LogP contribution in [0, 0.1) is 5.92 Å². The van der Waals surface area contributed by atoms with Crippen molar-refractivity contribution in [3.05, 3.63) is 41.7 Å². The molecule has 8 heteroatoms. The number of nitrogens with zero attached hydrogens (tertiary/aromatic N) is 3. The molecule has 2 aromatic rings. The summed E-state index contributed by atoms with van der Waals surface area (Å²) in [6.45, 7) is 2.87. The van der Waals surface area contributed by atoms with E-state index in [1.165, 1.54) is 0 Å². The van der Waals surface area contributed by atoms with E-state index in [4.69, 9.17) is 4.74 Å². The molecular formula is C17H19N5O3. The lowest BCUT2D eigenvalue weighted by Gasteiger charge is -2.24. The Morgan fingerprint density at radius 2 is 2.36 bits per heavy atom. The monoisotopic (exact) mass is 341 g/mol. The van der Waals surface area contributed by atoms with Gasteiger partial charge in [-0.15, -0.1) is 5.10 Å². The highest BCUT2D eigenvalue weighted by atomic mass is 16.6. The third-order valence-electron chi connectivity index (χ3n) is 4.85. The minimum atomic E-state index is -0.583. The number of amides is 2. The fourth-order valence-corrected chi connectivity index (χ4v) is 3.33. The van der Waals surface area contributed by atoms with Gasteiger partial charge in [-0.05, 0) is 31.0 Å². The Bertz CT molecular complexity index is 833. The number of hydrogen-bond acceptors (Lipinski definition) is 5. The van der Waals surface area contributed by atoms with Gasteiger partial charge in [-0.25, -0.2) is 9.48 Å². The molecular weight excluding hydrogens is 322 g/mol. The van der Waals surface area contributed by atoms with Crippen molar-refractivity contribution < 1.29 is 14.3 Å². The van der Waals surface area contributed by atoms with Crippen LogP contribution in [0.15, 0.2) is 30.5 Å². The first-order valence-corrected chi connectivity index (χ1v) is 8.27. The standard InChI is InChI=1S/C17H19N5O3/c1-17(10-25-16(24)20-17)12-3-2-4-13(8-12)19-15(23)11-5-6-22-14(7-11)9-18-21-22/h2-4,8-9,11H,5-7,10H2,1H3,(H,19,23)(H,20,24). The molecule has 0 bridgehead atoms. The van der Waals surface area contributed by atoms with Gasteiger partial charge in [-0.3, -0.25) is 4.79 Å². The normalized spacial score (nSPS) is 25.0. The van der Waals surface area contributed by atoms with Gasteiger partial charge >= 0.3 is 6.09 Å². The van der Waals surface area contributed by atoms with E-state index in [2.05, 4.69) is 20.9 Å². The van der Waals surface area contributed by atoms with Crippen molar-refractivity contribution in [2.75, 3.05) is 11.9 Å². The molecule has 25 heavy (non-hydrogen) atoms. The summed E-state index contributed by atoms with van der Waals surface area (Å²) in [7, 11) is 0. The molecule has 1 aromatic heterocycles. The highest BCUT2D eigenvalue weighted by Crippen LogP contribution is 2.28. The Morgan fingerprint density at radius 1 is 1.48 bits per heavy atom. The first-order valence-electron chi connectivity index (χ1n) is 8.27. The Morgan fingerprint density at radius 3 is 3.16 bits per heavy atom. The fraction of sp³-hybridized carbons (Fsp3) is 0.412. The quantitative estimate of drug-likeness (QED) is 0.880.